The Balaban J connectivity index is 1.69. The Hall–Kier alpha value is -1.91. The van der Waals surface area contributed by atoms with Crippen LogP contribution < -0.4 is 10.6 Å². The van der Waals surface area contributed by atoms with Gasteiger partial charge in [0.25, 0.3) is 11.8 Å². The van der Waals surface area contributed by atoms with Gasteiger partial charge in [-0.1, -0.05) is 0 Å². The molecule has 5 nitrogen and oxygen atoms in total. The molecule has 5 heteroatoms. The normalized spacial score (nSPS) is 21.2. The minimum atomic E-state index is -0.154. The van der Waals surface area contributed by atoms with E-state index in [-0.39, 0.29) is 22.9 Å². The number of amides is 2. The zero-order valence-corrected chi connectivity index (χ0v) is 13.2. The Labute approximate surface area is 130 Å². The molecule has 2 N–H and O–H groups in total. The average Bonchev–Trinajstić information content (AvgIpc) is 2.44. The minimum Gasteiger partial charge on any atom is -0.347 e. The first-order valence-corrected chi connectivity index (χ1v) is 7.99. The van der Waals surface area contributed by atoms with Crippen LogP contribution >= 0.6 is 0 Å². The SMILES string of the molecule is CC1(NC(=O)c2cncc(C(=O)NC3(C)CCC3)c2)CCC1. The van der Waals surface area contributed by atoms with Gasteiger partial charge < -0.3 is 10.6 Å². The summed E-state index contributed by atoms with van der Waals surface area (Å²) in [6.45, 7) is 4.10. The predicted octanol–water partition coefficient (Wildman–Crippen LogP) is 2.43. The first-order chi connectivity index (χ1) is 10.4. The van der Waals surface area contributed by atoms with E-state index >= 15 is 0 Å². The summed E-state index contributed by atoms with van der Waals surface area (Å²) in [5.41, 5.74) is 0.683. The molecule has 0 spiro atoms. The lowest BCUT2D eigenvalue weighted by atomic mass is 9.78. The highest BCUT2D eigenvalue weighted by Gasteiger charge is 2.34. The number of nitrogens with zero attached hydrogens (tertiary/aromatic N) is 1. The van der Waals surface area contributed by atoms with Gasteiger partial charge in [0.15, 0.2) is 0 Å². The lowest BCUT2D eigenvalue weighted by Gasteiger charge is -2.39. The molecule has 0 aliphatic heterocycles. The van der Waals surface area contributed by atoms with Gasteiger partial charge in [-0.05, 0) is 58.4 Å². The number of aromatic nitrogens is 1. The molecule has 0 atom stereocenters. The Bertz CT molecular complexity index is 554. The van der Waals surface area contributed by atoms with Crippen LogP contribution in [0.3, 0.4) is 0 Å². The fourth-order valence-corrected chi connectivity index (χ4v) is 3.05. The molecular weight excluding hydrogens is 278 g/mol. The third kappa shape index (κ3) is 2.98. The molecule has 1 aromatic rings. The Kier molecular flexibility index (Phi) is 3.67. The summed E-state index contributed by atoms with van der Waals surface area (Å²) in [5, 5.41) is 6.07. The Morgan fingerprint density at radius 2 is 1.32 bits per heavy atom. The number of carbonyl (C=O) groups excluding carboxylic acids is 2. The molecule has 3 rings (SSSR count). The zero-order chi connectivity index (χ0) is 15.8. The summed E-state index contributed by atoms with van der Waals surface area (Å²) in [5.74, 6) is -0.307. The third-order valence-electron chi connectivity index (χ3n) is 5.01. The van der Waals surface area contributed by atoms with Gasteiger partial charge in [-0.3, -0.25) is 14.6 Å². The van der Waals surface area contributed by atoms with Crippen LogP contribution in [0, 0.1) is 0 Å². The van der Waals surface area contributed by atoms with Crippen molar-refractivity contribution >= 4 is 11.8 Å². The smallest absolute Gasteiger partial charge is 0.253 e. The second-order valence-electron chi connectivity index (χ2n) is 7.20. The van der Waals surface area contributed by atoms with Gasteiger partial charge in [-0.2, -0.15) is 0 Å². The summed E-state index contributed by atoms with van der Waals surface area (Å²) in [6, 6.07) is 1.63. The van der Waals surface area contributed by atoms with E-state index in [1.165, 1.54) is 12.4 Å². The van der Waals surface area contributed by atoms with E-state index in [9.17, 15) is 9.59 Å². The van der Waals surface area contributed by atoms with Gasteiger partial charge in [0.2, 0.25) is 0 Å². The van der Waals surface area contributed by atoms with Crippen molar-refractivity contribution in [2.75, 3.05) is 0 Å². The van der Waals surface area contributed by atoms with Gasteiger partial charge in [-0.15, -0.1) is 0 Å². The maximum atomic E-state index is 12.3. The van der Waals surface area contributed by atoms with Crippen molar-refractivity contribution in [1.82, 2.24) is 15.6 Å². The molecule has 2 aliphatic carbocycles. The van der Waals surface area contributed by atoms with Crippen LogP contribution in [0.4, 0.5) is 0 Å². The average molecular weight is 301 g/mol. The molecule has 1 aromatic heterocycles. The molecule has 2 amide bonds. The van der Waals surface area contributed by atoms with Gasteiger partial charge in [0.05, 0.1) is 11.1 Å². The molecular formula is C17H23N3O2. The maximum Gasteiger partial charge on any atom is 0.253 e. The topological polar surface area (TPSA) is 71.1 Å². The number of hydrogen-bond acceptors (Lipinski definition) is 3. The summed E-state index contributed by atoms with van der Waals surface area (Å²) < 4.78 is 0. The lowest BCUT2D eigenvalue weighted by molar-refractivity contribution is 0.0849. The number of rotatable bonds is 4. The van der Waals surface area contributed by atoms with Crippen LogP contribution in [0.2, 0.25) is 0 Å². The molecule has 0 unspecified atom stereocenters. The van der Waals surface area contributed by atoms with Crippen molar-refractivity contribution in [3.8, 4) is 0 Å². The van der Waals surface area contributed by atoms with E-state index in [1.807, 2.05) is 0 Å². The number of pyridine rings is 1. The van der Waals surface area contributed by atoms with Gasteiger partial charge >= 0.3 is 0 Å². The highest BCUT2D eigenvalue weighted by Crippen LogP contribution is 2.32. The summed E-state index contributed by atoms with van der Waals surface area (Å²) in [7, 11) is 0. The quantitative estimate of drug-likeness (QED) is 0.897. The van der Waals surface area contributed by atoms with Crippen molar-refractivity contribution in [2.45, 2.75) is 63.5 Å². The first kappa shape index (κ1) is 15.0. The number of carbonyl (C=O) groups is 2. The molecule has 0 radical (unpaired) electrons. The third-order valence-corrected chi connectivity index (χ3v) is 5.01. The van der Waals surface area contributed by atoms with Crippen LogP contribution in [0.15, 0.2) is 18.5 Å². The first-order valence-electron chi connectivity index (χ1n) is 7.99. The van der Waals surface area contributed by atoms with Crippen LogP contribution in [0.25, 0.3) is 0 Å². The molecule has 1 heterocycles. The largest absolute Gasteiger partial charge is 0.347 e. The fourth-order valence-electron chi connectivity index (χ4n) is 3.05. The molecule has 118 valence electrons. The summed E-state index contributed by atoms with van der Waals surface area (Å²) >= 11 is 0. The van der Waals surface area contributed by atoms with E-state index in [0.29, 0.717) is 11.1 Å². The second-order valence-corrected chi connectivity index (χ2v) is 7.20. The molecule has 2 aliphatic rings. The second kappa shape index (κ2) is 5.38. The Morgan fingerprint density at radius 1 is 0.909 bits per heavy atom. The molecule has 22 heavy (non-hydrogen) atoms. The number of nitrogens with one attached hydrogen (secondary N) is 2. The summed E-state index contributed by atoms with van der Waals surface area (Å²) in [6.07, 6.45) is 9.34. The van der Waals surface area contributed by atoms with Crippen molar-refractivity contribution < 1.29 is 9.59 Å². The van der Waals surface area contributed by atoms with Gasteiger partial charge in [0, 0.05) is 23.5 Å². The Morgan fingerprint density at radius 3 is 1.64 bits per heavy atom. The standard InChI is InChI=1S/C17H23N3O2/c1-16(5-3-6-16)19-14(21)12-9-13(11-18-10-12)15(22)20-17(2)7-4-8-17/h9-11H,3-8H2,1-2H3,(H,19,21)(H,20,22). The lowest BCUT2D eigenvalue weighted by Crippen LogP contribution is -2.51. The van der Waals surface area contributed by atoms with Gasteiger partial charge in [0.1, 0.15) is 0 Å². The van der Waals surface area contributed by atoms with E-state index < -0.39 is 0 Å². The van der Waals surface area contributed by atoms with Crippen molar-refractivity contribution in [2.24, 2.45) is 0 Å². The molecule has 2 fully saturated rings. The highest BCUT2D eigenvalue weighted by atomic mass is 16.2. The van der Waals surface area contributed by atoms with E-state index in [0.717, 1.165) is 38.5 Å². The molecule has 2 saturated carbocycles. The van der Waals surface area contributed by atoms with Crippen molar-refractivity contribution in [3.63, 3.8) is 0 Å². The fraction of sp³-hybridized carbons (Fsp3) is 0.588. The monoisotopic (exact) mass is 301 g/mol. The molecule has 0 saturated heterocycles. The minimum absolute atomic E-state index is 0.102. The predicted molar refractivity (Wildman–Crippen MR) is 83.7 cm³/mol. The van der Waals surface area contributed by atoms with E-state index in [4.69, 9.17) is 0 Å². The summed E-state index contributed by atoms with van der Waals surface area (Å²) in [4.78, 5) is 28.6. The maximum absolute atomic E-state index is 12.3. The van der Waals surface area contributed by atoms with E-state index in [1.54, 1.807) is 6.07 Å². The van der Waals surface area contributed by atoms with Crippen molar-refractivity contribution in [3.05, 3.63) is 29.6 Å². The van der Waals surface area contributed by atoms with Crippen LogP contribution in [0.5, 0.6) is 0 Å². The zero-order valence-electron chi connectivity index (χ0n) is 13.2. The number of hydrogen-bond donors (Lipinski definition) is 2. The van der Waals surface area contributed by atoms with Crippen molar-refractivity contribution in [1.29, 1.82) is 0 Å². The highest BCUT2D eigenvalue weighted by molar-refractivity contribution is 5.99. The molecule has 0 bridgehead atoms. The van der Waals surface area contributed by atoms with Crippen LogP contribution in [0.1, 0.15) is 73.1 Å². The van der Waals surface area contributed by atoms with Crippen LogP contribution in [-0.2, 0) is 0 Å². The van der Waals surface area contributed by atoms with Crippen LogP contribution in [-0.4, -0.2) is 27.9 Å². The van der Waals surface area contributed by atoms with E-state index in [2.05, 4.69) is 29.5 Å². The molecule has 0 aromatic carbocycles. The van der Waals surface area contributed by atoms with Gasteiger partial charge in [-0.25, -0.2) is 0 Å².